The molecule has 4 aromatic rings. The number of ether oxygens (including phenoxy) is 1. The van der Waals surface area contributed by atoms with E-state index in [2.05, 4.69) is 24.7 Å². The lowest BCUT2D eigenvalue weighted by Gasteiger charge is -2.10. The second kappa shape index (κ2) is 8.12. The molecule has 9 heteroatoms. The number of aromatic nitrogens is 5. The minimum Gasteiger partial charge on any atom is -0.484 e. The van der Waals surface area contributed by atoms with Crippen molar-refractivity contribution in [1.29, 1.82) is 0 Å². The lowest BCUT2D eigenvalue weighted by atomic mass is 10.2. The molecule has 152 valence electrons. The number of hydrogen-bond donors (Lipinski definition) is 1. The molecule has 30 heavy (non-hydrogen) atoms. The van der Waals surface area contributed by atoms with Gasteiger partial charge < -0.3 is 9.72 Å². The van der Waals surface area contributed by atoms with Crippen LogP contribution in [-0.4, -0.2) is 24.7 Å². The Kier molecular flexibility index (Phi) is 5.18. The average Bonchev–Trinajstić information content (AvgIpc) is 3.52. The summed E-state index contributed by atoms with van der Waals surface area (Å²) in [5, 5.41) is 10.6. The number of fused-ring (bicyclic) bond motifs is 1. The first-order chi connectivity index (χ1) is 14.7. The molecule has 0 aliphatic heterocycles. The van der Waals surface area contributed by atoms with Crippen molar-refractivity contribution in [3.63, 3.8) is 0 Å². The molecule has 1 aliphatic rings. The molecule has 0 atom stereocenters. The first-order valence-electron chi connectivity index (χ1n) is 9.61. The summed E-state index contributed by atoms with van der Waals surface area (Å²) in [7, 11) is 0. The van der Waals surface area contributed by atoms with Crippen molar-refractivity contribution in [3.8, 4) is 5.75 Å². The molecule has 0 radical (unpaired) electrons. The van der Waals surface area contributed by atoms with Crippen molar-refractivity contribution >= 4 is 34.3 Å². The largest absolute Gasteiger partial charge is 0.484 e. The highest BCUT2D eigenvalue weighted by molar-refractivity contribution is 7.98. The molecule has 0 unspecified atom stereocenters. The molecule has 5 rings (SSSR count). The molecule has 0 saturated heterocycles. The monoisotopic (exact) mass is 439 g/mol. The second-order valence-electron chi connectivity index (χ2n) is 7.04. The zero-order chi connectivity index (χ0) is 20.5. The Balaban J connectivity index is 1.34. The third kappa shape index (κ3) is 3.93. The van der Waals surface area contributed by atoms with Crippen LogP contribution in [-0.2, 0) is 12.4 Å². The number of H-pyrrole nitrogens is 1. The van der Waals surface area contributed by atoms with Crippen molar-refractivity contribution in [1.82, 2.24) is 24.7 Å². The van der Waals surface area contributed by atoms with E-state index in [1.165, 1.54) is 11.8 Å². The fourth-order valence-electron chi connectivity index (χ4n) is 3.24. The Morgan fingerprint density at radius 2 is 1.93 bits per heavy atom. The van der Waals surface area contributed by atoms with Crippen LogP contribution < -0.4 is 10.3 Å². The number of nitrogens with one attached hydrogen (secondary N) is 1. The second-order valence-corrected chi connectivity index (χ2v) is 8.39. The molecular weight excluding hydrogens is 422 g/mol. The van der Waals surface area contributed by atoms with Gasteiger partial charge in [-0.3, -0.25) is 9.36 Å². The van der Waals surface area contributed by atoms with Crippen LogP contribution in [0.4, 0.5) is 0 Å². The first kappa shape index (κ1) is 19.1. The third-order valence-corrected chi connectivity index (χ3v) is 6.11. The summed E-state index contributed by atoms with van der Waals surface area (Å²) < 4.78 is 7.98. The molecule has 0 amide bonds. The standard InChI is InChI=1S/C21H18ClN5O2S/c22-15-6-2-4-8-17(15)29-11-19-25-26-21(27(19)13-9-10-13)30-12-18-23-16-7-3-1-5-14(16)20(28)24-18/h1-8,13H,9-12H2,(H,23,24,28). The van der Waals surface area contributed by atoms with Gasteiger partial charge in [0, 0.05) is 6.04 Å². The predicted octanol–water partition coefficient (Wildman–Crippen LogP) is 4.37. The predicted molar refractivity (Wildman–Crippen MR) is 116 cm³/mol. The number of para-hydroxylation sites is 2. The normalized spacial score (nSPS) is 13.6. The van der Waals surface area contributed by atoms with Crippen LogP contribution in [0.3, 0.4) is 0 Å². The Hall–Kier alpha value is -2.84. The highest BCUT2D eigenvalue weighted by Crippen LogP contribution is 2.39. The van der Waals surface area contributed by atoms with Crippen molar-refractivity contribution in [2.45, 2.75) is 36.4 Å². The lowest BCUT2D eigenvalue weighted by molar-refractivity contribution is 0.288. The van der Waals surface area contributed by atoms with Crippen LogP contribution >= 0.6 is 23.4 Å². The van der Waals surface area contributed by atoms with Gasteiger partial charge in [-0.1, -0.05) is 47.6 Å². The third-order valence-electron chi connectivity index (χ3n) is 4.84. The molecule has 1 aliphatic carbocycles. The van der Waals surface area contributed by atoms with Crippen LogP contribution in [0.25, 0.3) is 10.9 Å². The van der Waals surface area contributed by atoms with Crippen LogP contribution in [0.5, 0.6) is 5.75 Å². The maximum absolute atomic E-state index is 12.3. The number of halogens is 1. The molecular formula is C21H18ClN5O2S. The summed E-state index contributed by atoms with van der Waals surface area (Å²) in [5.74, 6) is 2.50. The van der Waals surface area contributed by atoms with Gasteiger partial charge in [-0.2, -0.15) is 0 Å². The minimum atomic E-state index is -0.131. The SMILES string of the molecule is O=c1[nH]c(CSc2nnc(COc3ccccc3Cl)n2C2CC2)nc2ccccc12. The van der Waals surface area contributed by atoms with Gasteiger partial charge in [0.05, 0.1) is 21.7 Å². The maximum Gasteiger partial charge on any atom is 0.258 e. The number of hydrogen-bond acceptors (Lipinski definition) is 6. The molecule has 1 N–H and O–H groups in total. The Morgan fingerprint density at radius 1 is 1.13 bits per heavy atom. The van der Waals surface area contributed by atoms with Gasteiger partial charge in [0.2, 0.25) is 0 Å². The topological polar surface area (TPSA) is 85.7 Å². The fraction of sp³-hybridized carbons (Fsp3) is 0.238. The van der Waals surface area contributed by atoms with Gasteiger partial charge in [-0.05, 0) is 37.1 Å². The smallest absolute Gasteiger partial charge is 0.258 e. The first-order valence-corrected chi connectivity index (χ1v) is 11.0. The summed E-state index contributed by atoms with van der Waals surface area (Å²) in [6, 6.07) is 15.1. The van der Waals surface area contributed by atoms with Crippen molar-refractivity contribution in [2.24, 2.45) is 0 Å². The van der Waals surface area contributed by atoms with Crippen LogP contribution in [0, 0.1) is 0 Å². The average molecular weight is 440 g/mol. The summed E-state index contributed by atoms with van der Waals surface area (Å²) >= 11 is 7.68. The number of aromatic amines is 1. The molecule has 2 heterocycles. The Bertz CT molecular complexity index is 1270. The molecule has 1 saturated carbocycles. The Labute approximate surface area is 181 Å². The van der Waals surface area contributed by atoms with E-state index in [4.69, 9.17) is 16.3 Å². The van der Waals surface area contributed by atoms with Gasteiger partial charge in [0.15, 0.2) is 11.0 Å². The fourth-order valence-corrected chi connectivity index (χ4v) is 4.33. The van der Waals surface area contributed by atoms with E-state index >= 15 is 0 Å². The molecule has 0 bridgehead atoms. The van der Waals surface area contributed by atoms with E-state index in [1.54, 1.807) is 12.1 Å². The zero-order valence-corrected chi connectivity index (χ0v) is 17.5. The summed E-state index contributed by atoms with van der Waals surface area (Å²) in [6.07, 6.45) is 2.19. The number of rotatable bonds is 7. The Morgan fingerprint density at radius 3 is 2.77 bits per heavy atom. The van der Waals surface area contributed by atoms with E-state index in [1.807, 2.05) is 36.4 Å². The number of nitrogens with zero attached hydrogens (tertiary/aromatic N) is 4. The van der Waals surface area contributed by atoms with Crippen LogP contribution in [0.2, 0.25) is 5.02 Å². The molecule has 7 nitrogen and oxygen atoms in total. The van der Waals surface area contributed by atoms with E-state index in [-0.39, 0.29) is 5.56 Å². The molecule has 1 fully saturated rings. The molecule has 2 aromatic heterocycles. The lowest BCUT2D eigenvalue weighted by Crippen LogP contribution is -2.11. The van der Waals surface area contributed by atoms with Gasteiger partial charge in [0.25, 0.3) is 5.56 Å². The maximum atomic E-state index is 12.3. The van der Waals surface area contributed by atoms with Crippen molar-refractivity contribution < 1.29 is 4.74 Å². The van der Waals surface area contributed by atoms with Gasteiger partial charge >= 0.3 is 0 Å². The van der Waals surface area contributed by atoms with E-state index in [9.17, 15) is 4.79 Å². The number of benzene rings is 2. The van der Waals surface area contributed by atoms with E-state index in [0.29, 0.717) is 45.9 Å². The van der Waals surface area contributed by atoms with Crippen molar-refractivity contribution in [3.05, 3.63) is 75.6 Å². The molecule has 0 spiro atoms. The van der Waals surface area contributed by atoms with Gasteiger partial charge in [0.1, 0.15) is 18.2 Å². The summed E-state index contributed by atoms with van der Waals surface area (Å²) in [4.78, 5) is 19.7. The highest BCUT2D eigenvalue weighted by Gasteiger charge is 2.30. The van der Waals surface area contributed by atoms with Gasteiger partial charge in [-0.25, -0.2) is 4.98 Å². The van der Waals surface area contributed by atoms with Gasteiger partial charge in [-0.15, -0.1) is 10.2 Å². The van der Waals surface area contributed by atoms with Crippen LogP contribution in [0.1, 0.15) is 30.5 Å². The van der Waals surface area contributed by atoms with E-state index < -0.39 is 0 Å². The number of thioether (sulfide) groups is 1. The summed E-state index contributed by atoms with van der Waals surface area (Å²) in [5.41, 5.74) is 0.558. The highest BCUT2D eigenvalue weighted by atomic mass is 35.5. The van der Waals surface area contributed by atoms with Crippen molar-refractivity contribution in [2.75, 3.05) is 0 Å². The van der Waals surface area contributed by atoms with Crippen LogP contribution in [0.15, 0.2) is 58.5 Å². The van der Waals surface area contributed by atoms with E-state index in [0.717, 1.165) is 23.8 Å². The summed E-state index contributed by atoms with van der Waals surface area (Å²) in [6.45, 7) is 0.291. The minimum absolute atomic E-state index is 0.131. The quantitative estimate of drug-likeness (QED) is 0.430. The zero-order valence-electron chi connectivity index (χ0n) is 15.9. The molecule has 2 aromatic carbocycles.